The van der Waals surface area contributed by atoms with E-state index >= 15 is 0 Å². The zero-order chi connectivity index (χ0) is 18.9. The monoisotopic (exact) mass is 380 g/mol. The fraction of sp³-hybridized carbons (Fsp3) is 0.600. The first-order chi connectivity index (χ1) is 12.5. The number of carbonyl (C=O) groups is 2. The Morgan fingerprint density at radius 2 is 1.88 bits per heavy atom. The number of rotatable bonds is 10. The maximum absolute atomic E-state index is 12.6. The zero-order valence-electron chi connectivity index (χ0n) is 15.3. The minimum Gasteiger partial charge on any atom is -0.469 e. The molecule has 26 heavy (non-hydrogen) atoms. The van der Waals surface area contributed by atoms with Crippen LogP contribution in [0.5, 0.6) is 0 Å². The number of methoxy groups -OCH3 is 1. The normalized spacial score (nSPS) is 23.8. The molecule has 1 N–H and O–H groups in total. The van der Waals surface area contributed by atoms with Crippen LogP contribution in [0.4, 0.5) is 0 Å². The van der Waals surface area contributed by atoms with Gasteiger partial charge in [-0.1, -0.05) is 37.5 Å². The van der Waals surface area contributed by atoms with Crippen LogP contribution >= 0.6 is 0 Å². The molecule has 2 rings (SSSR count). The number of hydrogen-bond acceptors (Lipinski definition) is 5. The van der Waals surface area contributed by atoms with E-state index in [1.165, 1.54) is 7.11 Å². The van der Waals surface area contributed by atoms with Gasteiger partial charge in [0.2, 0.25) is 0 Å². The molecule has 1 fully saturated rings. The van der Waals surface area contributed by atoms with E-state index in [4.69, 9.17) is 0 Å². The summed E-state index contributed by atoms with van der Waals surface area (Å²) in [5, 5.41) is 10.2. The summed E-state index contributed by atoms with van der Waals surface area (Å²) in [6, 6.07) is 9.19. The Morgan fingerprint density at radius 3 is 2.58 bits per heavy atom. The molecule has 1 saturated carbocycles. The van der Waals surface area contributed by atoms with Crippen molar-refractivity contribution in [1.82, 2.24) is 0 Å². The standard InChI is InChI=1S/C20H28O5S/c1-25-20(23)12-8-3-2-7-11-16-17(19(22)13-18(16)21)14-26(24)15-9-5-4-6-10-15/h4-6,9-10,16-17,19,22H,2-3,7-8,11-14H2,1H3. The summed E-state index contributed by atoms with van der Waals surface area (Å²) in [6.45, 7) is 0. The molecule has 0 aromatic heterocycles. The van der Waals surface area contributed by atoms with Crippen LogP contribution in [0.1, 0.15) is 44.9 Å². The lowest BCUT2D eigenvalue weighted by Gasteiger charge is -2.20. The van der Waals surface area contributed by atoms with Crippen LogP contribution < -0.4 is 0 Å². The van der Waals surface area contributed by atoms with Gasteiger partial charge in [0.25, 0.3) is 0 Å². The number of unbranched alkanes of at least 4 members (excludes halogenated alkanes) is 3. The van der Waals surface area contributed by atoms with Crippen molar-refractivity contribution in [1.29, 1.82) is 0 Å². The number of ether oxygens (including phenoxy) is 1. The third-order valence-corrected chi connectivity index (χ3v) is 6.54. The van der Waals surface area contributed by atoms with Gasteiger partial charge in [-0.3, -0.25) is 13.8 Å². The number of hydrogen-bond donors (Lipinski definition) is 1. The average Bonchev–Trinajstić information content (AvgIpc) is 2.91. The summed E-state index contributed by atoms with van der Waals surface area (Å²) >= 11 is 0. The van der Waals surface area contributed by atoms with Crippen molar-refractivity contribution < 1.29 is 23.6 Å². The first kappa shape index (κ1) is 20.8. The molecule has 0 saturated heterocycles. The largest absolute Gasteiger partial charge is 0.469 e. The molecule has 1 aliphatic rings. The van der Waals surface area contributed by atoms with Crippen LogP contribution in [0.2, 0.25) is 0 Å². The molecule has 0 amide bonds. The van der Waals surface area contributed by atoms with E-state index in [0.29, 0.717) is 18.6 Å². The van der Waals surface area contributed by atoms with E-state index < -0.39 is 16.9 Å². The van der Waals surface area contributed by atoms with Gasteiger partial charge in [0.15, 0.2) is 0 Å². The lowest BCUT2D eigenvalue weighted by atomic mass is 9.90. The maximum Gasteiger partial charge on any atom is 0.305 e. The summed E-state index contributed by atoms with van der Waals surface area (Å²) in [4.78, 5) is 24.0. The minimum atomic E-state index is -1.21. The third-order valence-electron chi connectivity index (χ3n) is 5.06. The Labute approximate surface area is 157 Å². The number of carbonyl (C=O) groups excluding carboxylic acids is 2. The molecular formula is C20H28O5S. The van der Waals surface area contributed by atoms with E-state index in [1.54, 1.807) is 0 Å². The highest BCUT2D eigenvalue weighted by Gasteiger charge is 2.41. The second-order valence-corrected chi connectivity index (χ2v) is 8.36. The highest BCUT2D eigenvalue weighted by Crippen LogP contribution is 2.34. The average molecular weight is 381 g/mol. The lowest BCUT2D eigenvalue weighted by Crippen LogP contribution is -2.26. The first-order valence-corrected chi connectivity index (χ1v) is 10.6. The molecule has 1 aromatic carbocycles. The van der Waals surface area contributed by atoms with Crippen molar-refractivity contribution in [2.75, 3.05) is 12.9 Å². The molecule has 0 radical (unpaired) electrons. The molecule has 0 heterocycles. The van der Waals surface area contributed by atoms with Crippen LogP contribution in [-0.4, -0.2) is 40.0 Å². The molecule has 0 aliphatic heterocycles. The lowest BCUT2D eigenvalue weighted by molar-refractivity contribution is -0.140. The minimum absolute atomic E-state index is 0.0853. The van der Waals surface area contributed by atoms with Crippen molar-refractivity contribution in [2.24, 2.45) is 11.8 Å². The predicted octanol–water partition coefficient (Wildman–Crippen LogP) is 2.87. The Hall–Kier alpha value is -1.53. The van der Waals surface area contributed by atoms with E-state index in [0.717, 1.165) is 30.6 Å². The summed E-state index contributed by atoms with van der Waals surface area (Å²) in [6.07, 6.45) is 4.13. The molecule has 4 atom stereocenters. The van der Waals surface area contributed by atoms with Gasteiger partial charge >= 0.3 is 5.97 Å². The second kappa shape index (κ2) is 10.6. The van der Waals surface area contributed by atoms with Crippen LogP contribution in [0, 0.1) is 11.8 Å². The fourth-order valence-corrected chi connectivity index (χ4v) is 5.01. The van der Waals surface area contributed by atoms with Crippen LogP contribution in [0.15, 0.2) is 35.2 Å². The third kappa shape index (κ3) is 6.02. The van der Waals surface area contributed by atoms with Crippen LogP contribution in [-0.2, 0) is 25.1 Å². The van der Waals surface area contributed by atoms with Crippen molar-refractivity contribution >= 4 is 22.6 Å². The SMILES string of the molecule is COC(=O)CCCCCCC1C(=O)CC(O)C1CS(=O)c1ccccc1. The Morgan fingerprint density at radius 1 is 1.19 bits per heavy atom. The van der Waals surface area contributed by atoms with Gasteiger partial charge in [0.05, 0.1) is 24.0 Å². The van der Waals surface area contributed by atoms with Crippen molar-refractivity contribution in [3.8, 4) is 0 Å². The topological polar surface area (TPSA) is 80.7 Å². The summed E-state index contributed by atoms with van der Waals surface area (Å²) in [5.41, 5.74) is 0. The molecular weight excluding hydrogens is 352 g/mol. The maximum atomic E-state index is 12.6. The molecule has 4 unspecified atom stereocenters. The van der Waals surface area contributed by atoms with Gasteiger partial charge in [0.1, 0.15) is 5.78 Å². The van der Waals surface area contributed by atoms with E-state index in [2.05, 4.69) is 4.74 Å². The second-order valence-electron chi connectivity index (χ2n) is 6.86. The van der Waals surface area contributed by atoms with Gasteiger partial charge in [-0.2, -0.15) is 0 Å². The molecule has 1 aliphatic carbocycles. The summed E-state index contributed by atoms with van der Waals surface area (Å²) in [5.74, 6) is -0.231. The van der Waals surface area contributed by atoms with Crippen molar-refractivity contribution in [3.05, 3.63) is 30.3 Å². The van der Waals surface area contributed by atoms with Gasteiger partial charge in [-0.15, -0.1) is 0 Å². The number of ketones is 1. The van der Waals surface area contributed by atoms with Crippen LogP contribution in [0.3, 0.4) is 0 Å². The number of Topliss-reactive ketones (excluding diaryl/α,β-unsaturated/α-hetero) is 1. The number of esters is 1. The summed E-state index contributed by atoms with van der Waals surface area (Å²) in [7, 11) is 0.178. The first-order valence-electron chi connectivity index (χ1n) is 9.24. The Balaban J connectivity index is 1.81. The smallest absolute Gasteiger partial charge is 0.305 e. The van der Waals surface area contributed by atoms with E-state index in [9.17, 15) is 18.9 Å². The number of aliphatic hydroxyl groups excluding tert-OH is 1. The number of aliphatic hydroxyl groups is 1. The van der Waals surface area contributed by atoms with Gasteiger partial charge in [0, 0.05) is 35.3 Å². The van der Waals surface area contributed by atoms with Crippen LogP contribution in [0.25, 0.3) is 0 Å². The fourth-order valence-electron chi connectivity index (χ4n) is 3.55. The van der Waals surface area contributed by atoms with Crippen molar-refractivity contribution in [2.45, 2.75) is 55.9 Å². The molecule has 144 valence electrons. The number of benzene rings is 1. The highest BCUT2D eigenvalue weighted by molar-refractivity contribution is 7.85. The van der Waals surface area contributed by atoms with Gasteiger partial charge < -0.3 is 9.84 Å². The molecule has 1 aromatic rings. The Kier molecular flexibility index (Phi) is 8.45. The molecule has 5 nitrogen and oxygen atoms in total. The highest BCUT2D eigenvalue weighted by atomic mass is 32.2. The van der Waals surface area contributed by atoms with Crippen molar-refractivity contribution in [3.63, 3.8) is 0 Å². The van der Waals surface area contributed by atoms with Gasteiger partial charge in [-0.25, -0.2) is 0 Å². The molecule has 0 bridgehead atoms. The zero-order valence-corrected chi connectivity index (χ0v) is 16.1. The van der Waals surface area contributed by atoms with Gasteiger partial charge in [-0.05, 0) is 25.0 Å². The Bertz CT molecular complexity index is 616. The summed E-state index contributed by atoms with van der Waals surface area (Å²) < 4.78 is 17.2. The predicted molar refractivity (Wildman–Crippen MR) is 100 cm³/mol. The molecule has 6 heteroatoms. The van der Waals surface area contributed by atoms with E-state index in [1.807, 2.05) is 30.3 Å². The van der Waals surface area contributed by atoms with E-state index in [-0.39, 0.29) is 30.0 Å². The quantitative estimate of drug-likeness (QED) is 0.499. The molecule has 0 spiro atoms.